The van der Waals surface area contributed by atoms with Gasteiger partial charge in [0.25, 0.3) is 0 Å². The third kappa shape index (κ3) is 4.72. The van der Waals surface area contributed by atoms with Crippen molar-refractivity contribution in [2.45, 2.75) is 26.4 Å². The molecule has 1 aliphatic heterocycles. The van der Waals surface area contributed by atoms with Crippen molar-refractivity contribution in [1.82, 2.24) is 14.8 Å². The molecule has 175 valence electrons. The summed E-state index contributed by atoms with van der Waals surface area (Å²) in [6, 6.07) is 12.7. The minimum atomic E-state index is 0.101. The number of aromatic nitrogens is 1. The Labute approximate surface area is 197 Å². The minimum Gasteiger partial charge on any atom is -0.496 e. The molecule has 1 fully saturated rings. The maximum Gasteiger partial charge on any atom is 0.130 e. The molecule has 0 bridgehead atoms. The fraction of sp³-hybridized carbons (Fsp3) is 0.407. The van der Waals surface area contributed by atoms with Crippen LogP contribution < -0.4 is 19.5 Å². The molecule has 0 saturated carbocycles. The van der Waals surface area contributed by atoms with Crippen molar-refractivity contribution in [3.63, 3.8) is 0 Å². The van der Waals surface area contributed by atoms with Crippen LogP contribution in [0.3, 0.4) is 0 Å². The smallest absolute Gasteiger partial charge is 0.130 e. The second-order valence-electron chi connectivity index (χ2n) is 8.72. The van der Waals surface area contributed by atoms with Gasteiger partial charge in [-0.25, -0.2) is 5.32 Å². The lowest BCUT2D eigenvalue weighted by molar-refractivity contribution is 0.183. The molecular formula is C27H34N3O3. The summed E-state index contributed by atoms with van der Waals surface area (Å²) in [5.41, 5.74) is 7.40. The summed E-state index contributed by atoms with van der Waals surface area (Å²) in [4.78, 5) is 2.44. The standard InChI is InChI=1S/C27H34N3O3/c1-18-7-9-20(10-8-18)26-19(2)15-29(3)27(26)23-17-30(12-11-28-23)16-22-24(32-5)13-21(31-4)14-25(22)33-6/h7-10,13-15,23H,11-12,16-17H2,1-6H3. The van der Waals surface area contributed by atoms with Crippen LogP contribution in [0.25, 0.3) is 11.1 Å². The third-order valence-corrected chi connectivity index (χ3v) is 6.47. The molecule has 1 saturated heterocycles. The number of hydrogen-bond donors (Lipinski definition) is 0. The average molecular weight is 449 g/mol. The Balaban J connectivity index is 1.63. The maximum absolute atomic E-state index is 5.68. The molecule has 1 aromatic heterocycles. The van der Waals surface area contributed by atoms with Crippen LogP contribution in [0.4, 0.5) is 0 Å². The molecule has 0 amide bonds. The lowest BCUT2D eigenvalue weighted by Crippen LogP contribution is -2.42. The van der Waals surface area contributed by atoms with E-state index in [9.17, 15) is 0 Å². The molecule has 1 aliphatic rings. The van der Waals surface area contributed by atoms with Gasteiger partial charge in [0.1, 0.15) is 17.2 Å². The van der Waals surface area contributed by atoms with Crippen LogP contribution in [-0.4, -0.2) is 50.4 Å². The molecule has 0 spiro atoms. The number of hydrogen-bond acceptors (Lipinski definition) is 4. The van der Waals surface area contributed by atoms with Crippen molar-refractivity contribution < 1.29 is 14.2 Å². The predicted octanol–water partition coefficient (Wildman–Crippen LogP) is 4.50. The van der Waals surface area contributed by atoms with Crippen molar-refractivity contribution in [1.29, 1.82) is 0 Å². The molecule has 3 aromatic rings. The quantitative estimate of drug-likeness (QED) is 0.534. The van der Waals surface area contributed by atoms with Gasteiger partial charge in [0.15, 0.2) is 0 Å². The van der Waals surface area contributed by atoms with Gasteiger partial charge in [-0.1, -0.05) is 29.8 Å². The first-order valence-electron chi connectivity index (χ1n) is 11.4. The Kier molecular flexibility index (Phi) is 6.96. The summed E-state index contributed by atoms with van der Waals surface area (Å²) in [5.74, 6) is 2.28. The van der Waals surface area contributed by atoms with Gasteiger partial charge < -0.3 is 18.8 Å². The monoisotopic (exact) mass is 448 g/mol. The van der Waals surface area contributed by atoms with Crippen LogP contribution in [0.1, 0.15) is 28.4 Å². The van der Waals surface area contributed by atoms with Crippen LogP contribution in [0, 0.1) is 13.8 Å². The van der Waals surface area contributed by atoms with E-state index in [1.54, 1.807) is 21.3 Å². The van der Waals surface area contributed by atoms with Crippen molar-refractivity contribution in [2.75, 3.05) is 41.0 Å². The Morgan fingerprint density at radius 2 is 1.64 bits per heavy atom. The van der Waals surface area contributed by atoms with E-state index < -0.39 is 0 Å². The number of nitrogens with zero attached hydrogens (tertiary/aromatic N) is 3. The lowest BCUT2D eigenvalue weighted by Gasteiger charge is -2.34. The van der Waals surface area contributed by atoms with Gasteiger partial charge in [0.2, 0.25) is 0 Å². The highest BCUT2D eigenvalue weighted by Gasteiger charge is 2.29. The van der Waals surface area contributed by atoms with Crippen molar-refractivity contribution in [3.8, 4) is 28.4 Å². The van der Waals surface area contributed by atoms with Gasteiger partial charge in [0, 0.05) is 62.8 Å². The minimum absolute atomic E-state index is 0.101. The molecule has 6 heteroatoms. The molecular weight excluding hydrogens is 414 g/mol. The molecule has 0 aliphatic carbocycles. The summed E-state index contributed by atoms with van der Waals surface area (Å²) < 4.78 is 19.0. The SMILES string of the molecule is COc1cc(OC)c(CN2CC[N]C(c3c(-c4ccc(C)cc4)c(C)cn3C)C2)c(OC)c1. The van der Waals surface area contributed by atoms with E-state index in [0.717, 1.165) is 49.0 Å². The number of methoxy groups -OCH3 is 3. The van der Waals surface area contributed by atoms with Crippen LogP contribution in [-0.2, 0) is 13.6 Å². The fourth-order valence-corrected chi connectivity index (χ4v) is 4.82. The van der Waals surface area contributed by atoms with Crippen LogP contribution >= 0.6 is 0 Å². The Morgan fingerprint density at radius 3 is 2.24 bits per heavy atom. The van der Waals surface area contributed by atoms with E-state index in [1.807, 2.05) is 12.1 Å². The largest absolute Gasteiger partial charge is 0.496 e. The highest BCUT2D eigenvalue weighted by molar-refractivity contribution is 5.71. The topological polar surface area (TPSA) is 50.0 Å². The maximum atomic E-state index is 5.68. The zero-order chi connectivity index (χ0) is 23.5. The number of piperazine rings is 1. The second-order valence-corrected chi connectivity index (χ2v) is 8.72. The van der Waals surface area contributed by atoms with Gasteiger partial charge >= 0.3 is 0 Å². The highest BCUT2D eigenvalue weighted by atomic mass is 16.5. The molecule has 1 unspecified atom stereocenters. The Morgan fingerprint density at radius 1 is 0.970 bits per heavy atom. The molecule has 0 N–H and O–H groups in total. The predicted molar refractivity (Wildman–Crippen MR) is 131 cm³/mol. The Hall–Kier alpha value is -2.96. The first-order valence-corrected chi connectivity index (χ1v) is 11.4. The number of rotatable bonds is 7. The average Bonchev–Trinajstić information content (AvgIpc) is 3.13. The van der Waals surface area contributed by atoms with E-state index in [4.69, 9.17) is 19.5 Å². The van der Waals surface area contributed by atoms with E-state index in [2.05, 4.69) is 60.8 Å². The summed E-state index contributed by atoms with van der Waals surface area (Å²) >= 11 is 0. The van der Waals surface area contributed by atoms with Crippen LogP contribution in [0.5, 0.6) is 17.2 Å². The number of ether oxygens (including phenoxy) is 3. The summed E-state index contributed by atoms with van der Waals surface area (Å²) in [6.07, 6.45) is 2.22. The van der Waals surface area contributed by atoms with Gasteiger partial charge in [-0.2, -0.15) is 0 Å². The molecule has 4 rings (SSSR count). The zero-order valence-electron chi connectivity index (χ0n) is 20.5. The molecule has 33 heavy (non-hydrogen) atoms. The van der Waals surface area contributed by atoms with Crippen molar-refractivity contribution >= 4 is 0 Å². The van der Waals surface area contributed by atoms with E-state index in [1.165, 1.54) is 27.9 Å². The summed E-state index contributed by atoms with van der Waals surface area (Å²) in [6.45, 7) is 7.58. The van der Waals surface area contributed by atoms with Gasteiger partial charge in [0.05, 0.1) is 32.9 Å². The van der Waals surface area contributed by atoms with E-state index in [0.29, 0.717) is 0 Å². The summed E-state index contributed by atoms with van der Waals surface area (Å²) in [5, 5.41) is 5.04. The van der Waals surface area contributed by atoms with Crippen molar-refractivity contribution in [3.05, 3.63) is 65.0 Å². The molecule has 2 aromatic carbocycles. The van der Waals surface area contributed by atoms with E-state index in [-0.39, 0.29) is 6.04 Å². The second kappa shape index (κ2) is 9.89. The van der Waals surface area contributed by atoms with Gasteiger partial charge in [-0.3, -0.25) is 4.90 Å². The van der Waals surface area contributed by atoms with Gasteiger partial charge in [-0.05, 0) is 25.0 Å². The highest BCUT2D eigenvalue weighted by Crippen LogP contribution is 2.37. The number of aryl methyl sites for hydroxylation is 3. The zero-order valence-corrected chi connectivity index (χ0v) is 20.5. The fourth-order valence-electron chi connectivity index (χ4n) is 4.82. The van der Waals surface area contributed by atoms with Gasteiger partial charge in [-0.15, -0.1) is 0 Å². The molecule has 2 heterocycles. The Bertz CT molecular complexity index is 1080. The third-order valence-electron chi connectivity index (χ3n) is 6.47. The van der Waals surface area contributed by atoms with Crippen LogP contribution in [0.15, 0.2) is 42.6 Å². The van der Waals surface area contributed by atoms with E-state index >= 15 is 0 Å². The molecule has 6 nitrogen and oxygen atoms in total. The lowest BCUT2D eigenvalue weighted by atomic mass is 9.96. The van der Waals surface area contributed by atoms with Crippen LogP contribution in [0.2, 0.25) is 0 Å². The summed E-state index contributed by atoms with van der Waals surface area (Å²) in [7, 11) is 7.15. The van der Waals surface area contributed by atoms with Crippen molar-refractivity contribution in [2.24, 2.45) is 7.05 Å². The first kappa shape index (κ1) is 23.2. The first-order chi connectivity index (χ1) is 15.9. The molecule has 1 atom stereocenters. The normalized spacial score (nSPS) is 16.6. The molecule has 1 radical (unpaired) electrons. The number of benzene rings is 2.